The van der Waals surface area contributed by atoms with Crippen LogP contribution in [0.3, 0.4) is 0 Å². The van der Waals surface area contributed by atoms with Crippen molar-refractivity contribution in [2.45, 2.75) is 52.0 Å². The molecule has 1 aromatic carbocycles. The van der Waals surface area contributed by atoms with Crippen molar-refractivity contribution in [3.8, 4) is 0 Å². The first-order chi connectivity index (χ1) is 17.4. The van der Waals surface area contributed by atoms with Crippen molar-refractivity contribution in [3.63, 3.8) is 0 Å². The summed E-state index contributed by atoms with van der Waals surface area (Å²) in [5.74, 6) is -3.41. The number of nitro benzene ring substituents is 1. The van der Waals surface area contributed by atoms with Crippen LogP contribution >= 0.6 is 0 Å². The average Bonchev–Trinajstić information content (AvgIpc) is 2.79. The number of esters is 3. The number of oxime groups is 1. The van der Waals surface area contributed by atoms with Gasteiger partial charge < -0.3 is 24.3 Å². The second-order valence-electron chi connectivity index (χ2n) is 7.52. The predicted octanol–water partition coefficient (Wildman–Crippen LogP) is 0.787. The Hall–Kier alpha value is -4.76. The van der Waals surface area contributed by atoms with E-state index in [1.165, 1.54) is 12.1 Å². The highest BCUT2D eigenvalue weighted by atomic mass is 16.7. The number of nitrogens with zero attached hydrogens (tertiary/aromatic N) is 2. The van der Waals surface area contributed by atoms with Crippen molar-refractivity contribution in [1.82, 2.24) is 5.32 Å². The lowest BCUT2D eigenvalue weighted by Gasteiger charge is -2.41. The Morgan fingerprint density at radius 3 is 2.08 bits per heavy atom. The predicted molar refractivity (Wildman–Crippen MR) is 121 cm³/mol. The molecule has 200 valence electrons. The maximum absolute atomic E-state index is 12.2. The molecular weight excluding hydrogens is 500 g/mol. The number of hydrogen-bond acceptors (Lipinski definition) is 13. The van der Waals surface area contributed by atoms with Crippen molar-refractivity contribution in [1.29, 1.82) is 0 Å². The summed E-state index contributed by atoms with van der Waals surface area (Å²) in [6.45, 7) is 3.92. The second kappa shape index (κ2) is 12.8. The lowest BCUT2D eigenvalue weighted by atomic mass is 9.96. The number of hydrogen-bond donors (Lipinski definition) is 2. The highest BCUT2D eigenvalue weighted by molar-refractivity contribution is 5.90. The SMILES string of the molecule is CC(=O)N[C@H]1/C(=N\OC(=O)Nc2ccc([N+](=O)[O-])cc2)O[C@H](COC(C)=O)[C@@H](OC(C)=O)[C@@H]1OC(C)=O. The van der Waals surface area contributed by atoms with Gasteiger partial charge in [-0.3, -0.25) is 39.4 Å². The van der Waals surface area contributed by atoms with Gasteiger partial charge in [0.25, 0.3) is 11.6 Å². The first-order valence-corrected chi connectivity index (χ1v) is 10.6. The summed E-state index contributed by atoms with van der Waals surface area (Å²) in [5.41, 5.74) is -0.0650. The molecule has 0 spiro atoms. The molecule has 37 heavy (non-hydrogen) atoms. The fraction of sp³-hybridized carbons (Fsp3) is 0.429. The van der Waals surface area contributed by atoms with Gasteiger partial charge in [-0.25, -0.2) is 4.79 Å². The quantitative estimate of drug-likeness (QED) is 0.159. The summed E-state index contributed by atoms with van der Waals surface area (Å²) in [7, 11) is 0. The molecule has 0 unspecified atom stereocenters. The van der Waals surface area contributed by atoms with Crippen LogP contribution in [0.1, 0.15) is 27.7 Å². The van der Waals surface area contributed by atoms with Crippen LogP contribution in [0.4, 0.5) is 16.2 Å². The molecular formula is C21H24N4O12. The Bertz CT molecular complexity index is 1090. The smallest absolute Gasteiger partial charge is 0.437 e. The lowest BCUT2D eigenvalue weighted by molar-refractivity contribution is -0.384. The van der Waals surface area contributed by atoms with E-state index in [0.717, 1.165) is 39.8 Å². The standard InChI is InChI=1S/C21H24N4O12/c1-10(26)22-17-19(35-13(4)29)18(34-12(3)28)16(9-33-11(2)27)36-20(17)24-37-21(30)23-14-5-7-15(8-6-14)25(31)32/h5-8,16-19H,9H2,1-4H3,(H,22,26)(H,23,30)/b24-20+/t16-,17-,18-,19-/m1/s1. The fourth-order valence-electron chi connectivity index (χ4n) is 3.16. The zero-order valence-corrected chi connectivity index (χ0v) is 20.1. The topological polar surface area (TPSA) is 211 Å². The van der Waals surface area contributed by atoms with Gasteiger partial charge >= 0.3 is 24.0 Å². The third-order valence-corrected chi connectivity index (χ3v) is 4.51. The van der Waals surface area contributed by atoms with Gasteiger partial charge in [0.15, 0.2) is 18.3 Å². The van der Waals surface area contributed by atoms with Crippen LogP contribution in [-0.2, 0) is 43.0 Å². The molecule has 2 rings (SSSR count). The van der Waals surface area contributed by atoms with Crippen molar-refractivity contribution >= 4 is 47.2 Å². The molecule has 0 aliphatic carbocycles. The van der Waals surface area contributed by atoms with Gasteiger partial charge in [-0.1, -0.05) is 0 Å². The third kappa shape index (κ3) is 8.75. The van der Waals surface area contributed by atoms with E-state index < -0.39 is 71.7 Å². The molecule has 1 saturated heterocycles. The molecule has 0 radical (unpaired) electrons. The maximum atomic E-state index is 12.2. The zero-order valence-electron chi connectivity index (χ0n) is 20.1. The van der Waals surface area contributed by atoms with Gasteiger partial charge in [0.1, 0.15) is 12.6 Å². The molecule has 16 nitrogen and oxygen atoms in total. The molecule has 16 heteroatoms. The van der Waals surface area contributed by atoms with Crippen LogP contribution in [0, 0.1) is 10.1 Å². The normalized spacial score (nSPS) is 21.6. The number of carbonyl (C=O) groups excluding carboxylic acids is 5. The molecule has 1 heterocycles. The Balaban J connectivity index is 2.34. The van der Waals surface area contributed by atoms with Crippen molar-refractivity contribution in [2.75, 3.05) is 11.9 Å². The molecule has 0 saturated carbocycles. The average molecular weight is 524 g/mol. The molecule has 1 aliphatic heterocycles. The monoisotopic (exact) mass is 524 g/mol. The number of nitrogens with one attached hydrogen (secondary N) is 2. The largest absolute Gasteiger partial charge is 0.466 e. The van der Waals surface area contributed by atoms with Crippen LogP contribution in [0.2, 0.25) is 0 Å². The summed E-state index contributed by atoms with van der Waals surface area (Å²) in [6, 6.07) is 3.42. The number of amides is 2. The van der Waals surface area contributed by atoms with Crippen LogP contribution in [0.25, 0.3) is 0 Å². The number of carbonyl (C=O) groups is 5. The van der Waals surface area contributed by atoms with E-state index in [9.17, 15) is 34.1 Å². The molecule has 1 aliphatic rings. The summed E-state index contributed by atoms with van der Waals surface area (Å²) < 4.78 is 21.1. The number of non-ortho nitro benzene ring substituents is 1. The molecule has 2 N–H and O–H groups in total. The summed E-state index contributed by atoms with van der Waals surface area (Å²) in [5, 5.41) is 19.0. The molecule has 1 fully saturated rings. The van der Waals surface area contributed by atoms with E-state index in [1.54, 1.807) is 0 Å². The van der Waals surface area contributed by atoms with Crippen molar-refractivity contribution in [3.05, 3.63) is 34.4 Å². The van der Waals surface area contributed by atoms with Crippen molar-refractivity contribution in [2.24, 2.45) is 5.16 Å². The number of rotatable bonds is 8. The van der Waals surface area contributed by atoms with Gasteiger partial charge in [-0.05, 0) is 17.3 Å². The number of nitro groups is 1. The zero-order chi connectivity index (χ0) is 27.7. The van der Waals surface area contributed by atoms with Gasteiger partial charge in [-0.2, -0.15) is 0 Å². The number of anilines is 1. The van der Waals surface area contributed by atoms with Gasteiger partial charge in [-0.15, -0.1) is 0 Å². The Morgan fingerprint density at radius 2 is 1.57 bits per heavy atom. The number of benzene rings is 1. The third-order valence-electron chi connectivity index (χ3n) is 4.51. The number of ether oxygens (including phenoxy) is 4. The highest BCUT2D eigenvalue weighted by Gasteiger charge is 2.50. The minimum absolute atomic E-state index is 0.138. The minimum Gasteiger partial charge on any atom is -0.466 e. The Kier molecular flexibility index (Phi) is 9.85. The van der Waals surface area contributed by atoms with Crippen LogP contribution < -0.4 is 10.6 Å². The Labute approximate surface area is 209 Å². The van der Waals surface area contributed by atoms with E-state index in [2.05, 4.69) is 15.8 Å². The van der Waals surface area contributed by atoms with Gasteiger partial charge in [0.05, 0.1) is 4.92 Å². The van der Waals surface area contributed by atoms with Crippen molar-refractivity contribution < 1.29 is 52.7 Å². The van der Waals surface area contributed by atoms with Crippen LogP contribution in [0.15, 0.2) is 29.4 Å². The summed E-state index contributed by atoms with van der Waals surface area (Å²) in [6.07, 6.45) is -5.19. The molecule has 1 aromatic rings. The Morgan fingerprint density at radius 1 is 0.973 bits per heavy atom. The molecule has 0 aromatic heterocycles. The minimum atomic E-state index is -1.42. The second-order valence-corrected chi connectivity index (χ2v) is 7.52. The van der Waals surface area contributed by atoms with E-state index in [4.69, 9.17) is 23.8 Å². The maximum Gasteiger partial charge on any atom is 0.437 e. The first-order valence-electron chi connectivity index (χ1n) is 10.6. The fourth-order valence-corrected chi connectivity index (χ4v) is 3.16. The summed E-state index contributed by atoms with van der Waals surface area (Å²) in [4.78, 5) is 73.9. The van der Waals surface area contributed by atoms with E-state index >= 15 is 0 Å². The molecule has 2 amide bonds. The lowest BCUT2D eigenvalue weighted by Crippen LogP contribution is -2.64. The summed E-state index contributed by atoms with van der Waals surface area (Å²) >= 11 is 0. The van der Waals surface area contributed by atoms with E-state index in [1.807, 2.05) is 0 Å². The van der Waals surface area contributed by atoms with E-state index in [-0.39, 0.29) is 11.4 Å². The van der Waals surface area contributed by atoms with E-state index in [0.29, 0.717) is 0 Å². The van der Waals surface area contributed by atoms with Crippen LogP contribution in [0.5, 0.6) is 0 Å². The highest BCUT2D eigenvalue weighted by Crippen LogP contribution is 2.25. The molecule has 4 atom stereocenters. The van der Waals surface area contributed by atoms with Gasteiger partial charge in [0.2, 0.25) is 5.91 Å². The van der Waals surface area contributed by atoms with Gasteiger partial charge in [0, 0.05) is 45.5 Å². The van der Waals surface area contributed by atoms with Crippen LogP contribution in [-0.4, -0.2) is 71.7 Å². The first kappa shape index (κ1) is 28.5. The molecule has 0 bridgehead atoms.